The molecule has 0 amide bonds. The van der Waals surface area contributed by atoms with Gasteiger partial charge >= 0.3 is 0 Å². The molecule has 1 aromatic carbocycles. The van der Waals surface area contributed by atoms with Crippen molar-refractivity contribution < 1.29 is 0 Å². The third-order valence-electron chi connectivity index (χ3n) is 3.22. The zero-order valence-electron chi connectivity index (χ0n) is 11.7. The number of aromatic nitrogens is 2. The number of nitrogens with one attached hydrogen (secondary N) is 1. The first-order valence-corrected chi connectivity index (χ1v) is 6.72. The van der Waals surface area contributed by atoms with Crippen LogP contribution in [0, 0.1) is 5.92 Å². The van der Waals surface area contributed by atoms with Crippen molar-refractivity contribution in [3.05, 3.63) is 29.6 Å². The van der Waals surface area contributed by atoms with Gasteiger partial charge in [0, 0.05) is 12.0 Å². The number of fused-ring (bicyclic) bond motifs is 1. The number of H-pyrrole nitrogens is 1. The molecule has 2 aromatic rings. The first-order valence-electron chi connectivity index (χ1n) is 6.72. The number of imidazole rings is 1. The van der Waals surface area contributed by atoms with Gasteiger partial charge in [-0.15, -0.1) is 0 Å². The molecule has 0 aliphatic heterocycles. The summed E-state index contributed by atoms with van der Waals surface area (Å²) in [5.74, 6) is 2.08. The van der Waals surface area contributed by atoms with E-state index in [9.17, 15) is 0 Å². The quantitative estimate of drug-likeness (QED) is 0.862. The van der Waals surface area contributed by atoms with Crippen LogP contribution in [-0.4, -0.2) is 9.97 Å². The van der Waals surface area contributed by atoms with Gasteiger partial charge in [0.25, 0.3) is 0 Å². The summed E-state index contributed by atoms with van der Waals surface area (Å²) < 4.78 is 0. The minimum atomic E-state index is 0.111. The second-order valence-corrected chi connectivity index (χ2v) is 5.79. The Hall–Kier alpha value is -1.35. The maximum Gasteiger partial charge on any atom is 0.109 e. The Morgan fingerprint density at radius 2 is 1.94 bits per heavy atom. The van der Waals surface area contributed by atoms with Crippen LogP contribution >= 0.6 is 0 Å². The first-order chi connectivity index (χ1) is 8.47. The minimum Gasteiger partial charge on any atom is -0.342 e. The van der Waals surface area contributed by atoms with E-state index < -0.39 is 0 Å². The summed E-state index contributed by atoms with van der Waals surface area (Å²) >= 11 is 0. The van der Waals surface area contributed by atoms with Gasteiger partial charge in [-0.1, -0.05) is 33.8 Å². The molecule has 0 radical (unpaired) electrons. The van der Waals surface area contributed by atoms with Crippen LogP contribution in [0.2, 0.25) is 0 Å². The van der Waals surface area contributed by atoms with Gasteiger partial charge in [0.05, 0.1) is 11.0 Å². The van der Waals surface area contributed by atoms with Crippen LogP contribution in [0.5, 0.6) is 0 Å². The number of hydrogen-bond acceptors (Lipinski definition) is 2. The molecule has 0 fully saturated rings. The second kappa shape index (κ2) is 5.11. The predicted molar refractivity (Wildman–Crippen MR) is 76.6 cm³/mol. The maximum atomic E-state index is 6.22. The molecule has 3 heteroatoms. The monoisotopic (exact) mass is 245 g/mol. The lowest BCUT2D eigenvalue weighted by atomic mass is 9.98. The zero-order chi connectivity index (χ0) is 13.3. The highest BCUT2D eigenvalue weighted by molar-refractivity contribution is 5.76. The van der Waals surface area contributed by atoms with E-state index in [1.54, 1.807) is 0 Å². The topological polar surface area (TPSA) is 54.7 Å². The van der Waals surface area contributed by atoms with Crippen LogP contribution in [0.15, 0.2) is 18.2 Å². The Morgan fingerprint density at radius 1 is 1.22 bits per heavy atom. The molecule has 98 valence electrons. The Bertz CT molecular complexity index is 526. The number of aromatic amines is 1. The molecular weight excluding hydrogens is 222 g/mol. The Kier molecular flexibility index (Phi) is 3.71. The number of rotatable bonds is 4. The van der Waals surface area contributed by atoms with Crippen LogP contribution in [0.25, 0.3) is 11.0 Å². The van der Waals surface area contributed by atoms with Crippen molar-refractivity contribution in [1.29, 1.82) is 0 Å². The molecule has 0 bridgehead atoms. The molecule has 1 heterocycles. The zero-order valence-corrected chi connectivity index (χ0v) is 11.7. The molecule has 0 spiro atoms. The lowest BCUT2D eigenvalue weighted by Crippen LogP contribution is -2.12. The van der Waals surface area contributed by atoms with Crippen molar-refractivity contribution in [3.8, 4) is 0 Å². The third-order valence-corrected chi connectivity index (χ3v) is 3.22. The van der Waals surface area contributed by atoms with Gasteiger partial charge in [-0.05, 0) is 30.0 Å². The normalized spacial score (nSPS) is 13.7. The highest BCUT2D eigenvalue weighted by Gasteiger charge is 2.11. The van der Waals surface area contributed by atoms with E-state index in [1.807, 2.05) is 0 Å². The van der Waals surface area contributed by atoms with Crippen LogP contribution in [0.3, 0.4) is 0 Å². The van der Waals surface area contributed by atoms with Gasteiger partial charge in [-0.3, -0.25) is 0 Å². The Balaban J connectivity index is 2.31. The Labute approximate surface area is 109 Å². The Morgan fingerprint density at radius 3 is 2.56 bits per heavy atom. The van der Waals surface area contributed by atoms with Crippen molar-refractivity contribution in [2.75, 3.05) is 0 Å². The summed E-state index contributed by atoms with van der Waals surface area (Å²) in [5.41, 5.74) is 9.53. The van der Waals surface area contributed by atoms with Gasteiger partial charge in [0.15, 0.2) is 0 Å². The van der Waals surface area contributed by atoms with Crippen molar-refractivity contribution in [2.45, 2.75) is 46.1 Å². The second-order valence-electron chi connectivity index (χ2n) is 5.79. The summed E-state index contributed by atoms with van der Waals surface area (Å²) in [6.07, 6.45) is 1.01. The fraction of sp³-hybridized carbons (Fsp3) is 0.533. The average molecular weight is 245 g/mol. The number of nitrogens with two attached hydrogens (primary N) is 1. The fourth-order valence-corrected chi connectivity index (χ4v) is 2.19. The van der Waals surface area contributed by atoms with Crippen LogP contribution < -0.4 is 5.73 Å². The summed E-state index contributed by atoms with van der Waals surface area (Å²) in [6, 6.07) is 6.41. The number of nitrogens with zero attached hydrogens (tertiary/aromatic N) is 1. The summed E-state index contributed by atoms with van der Waals surface area (Å²) in [5, 5.41) is 0. The summed E-state index contributed by atoms with van der Waals surface area (Å²) in [6.45, 7) is 8.68. The van der Waals surface area contributed by atoms with Crippen LogP contribution in [-0.2, 0) is 0 Å². The molecule has 1 unspecified atom stereocenters. The fourth-order valence-electron chi connectivity index (χ4n) is 2.19. The van der Waals surface area contributed by atoms with E-state index in [4.69, 9.17) is 5.73 Å². The lowest BCUT2D eigenvalue weighted by Gasteiger charge is -2.14. The van der Waals surface area contributed by atoms with E-state index in [0.29, 0.717) is 11.8 Å². The molecule has 1 aromatic heterocycles. The largest absolute Gasteiger partial charge is 0.342 e. The summed E-state index contributed by atoms with van der Waals surface area (Å²) in [4.78, 5) is 7.95. The smallest absolute Gasteiger partial charge is 0.109 e. The van der Waals surface area contributed by atoms with E-state index in [2.05, 4.69) is 55.9 Å². The van der Waals surface area contributed by atoms with Crippen molar-refractivity contribution in [2.24, 2.45) is 11.7 Å². The highest BCUT2D eigenvalue weighted by atomic mass is 14.9. The molecule has 0 saturated carbocycles. The van der Waals surface area contributed by atoms with Gasteiger partial charge < -0.3 is 10.7 Å². The van der Waals surface area contributed by atoms with Crippen LogP contribution in [0.4, 0.5) is 0 Å². The number of hydrogen-bond donors (Lipinski definition) is 2. The molecule has 3 N–H and O–H groups in total. The molecule has 0 aliphatic carbocycles. The first kappa shape index (κ1) is 13.1. The molecular formula is C15H23N3. The van der Waals surface area contributed by atoms with E-state index in [1.165, 1.54) is 5.56 Å². The summed E-state index contributed by atoms with van der Waals surface area (Å²) in [7, 11) is 0. The van der Waals surface area contributed by atoms with Crippen molar-refractivity contribution in [3.63, 3.8) is 0 Å². The van der Waals surface area contributed by atoms with Crippen LogP contribution in [0.1, 0.15) is 57.5 Å². The average Bonchev–Trinajstić information content (AvgIpc) is 2.70. The predicted octanol–water partition coefficient (Wildman–Crippen LogP) is 3.73. The molecule has 1 atom stereocenters. The van der Waals surface area contributed by atoms with Crippen molar-refractivity contribution in [1.82, 2.24) is 9.97 Å². The lowest BCUT2D eigenvalue weighted by molar-refractivity contribution is 0.510. The van der Waals surface area contributed by atoms with Gasteiger partial charge in [0.2, 0.25) is 0 Å². The van der Waals surface area contributed by atoms with E-state index in [0.717, 1.165) is 23.3 Å². The van der Waals surface area contributed by atoms with Gasteiger partial charge in [0.1, 0.15) is 5.82 Å². The van der Waals surface area contributed by atoms with Gasteiger partial charge in [-0.25, -0.2) is 4.98 Å². The van der Waals surface area contributed by atoms with E-state index in [-0.39, 0.29) is 6.04 Å². The molecule has 18 heavy (non-hydrogen) atoms. The standard InChI is InChI=1S/C15H23N3/c1-9(2)7-12(16)11-5-6-13-14(8-11)18-15(17-13)10(3)4/h5-6,8-10,12H,7,16H2,1-4H3,(H,17,18). The molecule has 2 rings (SSSR count). The SMILES string of the molecule is CC(C)CC(N)c1ccc2nc(C(C)C)[nH]c2c1. The third kappa shape index (κ3) is 2.72. The molecule has 0 aliphatic rings. The highest BCUT2D eigenvalue weighted by Crippen LogP contribution is 2.23. The van der Waals surface area contributed by atoms with Gasteiger partial charge in [-0.2, -0.15) is 0 Å². The molecule has 0 saturated heterocycles. The number of benzene rings is 1. The van der Waals surface area contributed by atoms with E-state index >= 15 is 0 Å². The molecule has 3 nitrogen and oxygen atoms in total. The maximum absolute atomic E-state index is 6.22. The van der Waals surface area contributed by atoms with Crippen molar-refractivity contribution >= 4 is 11.0 Å². The minimum absolute atomic E-state index is 0.111.